The van der Waals surface area contributed by atoms with Crippen molar-refractivity contribution < 1.29 is 18.4 Å². The standard InChI is InChI=1S/C45H47ClN8O5S2/c46-34-11-14-40(32-7-3-1-4-8-32)33(25-34)28-52-21-23-53(24-22-52)36-12-15-41-43(26-36)47-31-48-45(41)50-61(58,59)39-13-16-42(44(27-39)54(56)57)49-35(17-19-51-20-18-37(55)29-51)30-60-38-9-5-2-6-10-38/h1-16,25-27,31,35,37,49,55H,17-24,28-30H2,(H,47,48,50). The molecule has 8 rings (SSSR count). The van der Waals surface area contributed by atoms with E-state index in [1.54, 1.807) is 17.8 Å². The maximum Gasteiger partial charge on any atom is 0.293 e. The minimum Gasteiger partial charge on any atom is -0.392 e. The fourth-order valence-electron chi connectivity index (χ4n) is 7.94. The third kappa shape index (κ3) is 10.6. The number of hydrogen-bond acceptors (Lipinski definition) is 12. The van der Waals surface area contributed by atoms with E-state index in [0.717, 1.165) is 67.9 Å². The number of sulfonamides is 1. The molecule has 2 fully saturated rings. The third-order valence-corrected chi connectivity index (χ3v) is 14.0. The van der Waals surface area contributed by atoms with Gasteiger partial charge in [-0.15, -0.1) is 11.8 Å². The Labute approximate surface area is 365 Å². The van der Waals surface area contributed by atoms with Gasteiger partial charge in [0.25, 0.3) is 15.7 Å². The van der Waals surface area contributed by atoms with E-state index in [4.69, 9.17) is 11.6 Å². The lowest BCUT2D eigenvalue weighted by Crippen LogP contribution is -2.46. The zero-order valence-electron chi connectivity index (χ0n) is 33.4. The number of aromatic nitrogens is 2. The number of halogens is 1. The predicted molar refractivity (Wildman–Crippen MR) is 244 cm³/mol. The molecule has 2 atom stereocenters. The molecule has 2 saturated heterocycles. The molecule has 13 nitrogen and oxygen atoms in total. The Hall–Kier alpha value is -5.29. The summed E-state index contributed by atoms with van der Waals surface area (Å²) in [6.07, 6.45) is 2.35. The summed E-state index contributed by atoms with van der Waals surface area (Å²) in [7, 11) is -4.30. The first-order valence-electron chi connectivity index (χ1n) is 20.3. The van der Waals surface area contributed by atoms with Gasteiger partial charge >= 0.3 is 0 Å². The number of hydrogen-bond donors (Lipinski definition) is 3. The first-order chi connectivity index (χ1) is 29.6. The van der Waals surface area contributed by atoms with Crippen molar-refractivity contribution in [1.29, 1.82) is 0 Å². The van der Waals surface area contributed by atoms with Crippen LogP contribution < -0.4 is 14.9 Å². The first kappa shape index (κ1) is 42.4. The monoisotopic (exact) mass is 878 g/mol. The third-order valence-electron chi connectivity index (χ3n) is 11.2. The van der Waals surface area contributed by atoms with E-state index < -0.39 is 14.9 Å². The molecule has 61 heavy (non-hydrogen) atoms. The molecule has 1 aromatic heterocycles. The van der Waals surface area contributed by atoms with Crippen LogP contribution in [-0.4, -0.2) is 102 Å². The van der Waals surface area contributed by atoms with Gasteiger partial charge < -0.3 is 20.2 Å². The van der Waals surface area contributed by atoms with Crippen LogP contribution in [0.25, 0.3) is 22.0 Å². The van der Waals surface area contributed by atoms with E-state index >= 15 is 0 Å². The molecular formula is C45H47ClN8O5S2. The van der Waals surface area contributed by atoms with Gasteiger partial charge in [0.2, 0.25) is 0 Å². The van der Waals surface area contributed by atoms with Gasteiger partial charge in [-0.1, -0.05) is 66.2 Å². The summed E-state index contributed by atoms with van der Waals surface area (Å²) >= 11 is 8.07. The number of nitrogens with zero attached hydrogens (tertiary/aromatic N) is 6. The molecule has 316 valence electrons. The summed E-state index contributed by atoms with van der Waals surface area (Å²) < 4.78 is 30.2. The zero-order chi connectivity index (χ0) is 42.3. The fourth-order valence-corrected chi connectivity index (χ4v) is 10.2. The second-order valence-corrected chi connectivity index (χ2v) is 18.6. The van der Waals surface area contributed by atoms with Gasteiger partial charge in [0.1, 0.15) is 12.0 Å². The summed E-state index contributed by atoms with van der Waals surface area (Å²) in [5, 5.41) is 27.0. The Morgan fingerprint density at radius 1 is 0.885 bits per heavy atom. The fraction of sp³-hybridized carbons (Fsp3) is 0.289. The number of likely N-dealkylation sites (tertiary alicyclic amines) is 1. The number of fused-ring (bicyclic) bond motifs is 1. The summed E-state index contributed by atoms with van der Waals surface area (Å²) in [5.74, 6) is 0.699. The highest BCUT2D eigenvalue weighted by Gasteiger charge is 2.26. The maximum absolute atomic E-state index is 13.8. The maximum atomic E-state index is 13.8. The number of aliphatic hydroxyl groups is 1. The minimum absolute atomic E-state index is 0.0759. The van der Waals surface area contributed by atoms with Crippen molar-refractivity contribution in [2.75, 3.05) is 66.5 Å². The number of β-amino-alcohol motifs (C(OH)–C–C–N with tert-alkyl or cyclic N) is 1. The van der Waals surface area contributed by atoms with Crippen molar-refractivity contribution in [3.05, 3.63) is 142 Å². The quantitative estimate of drug-likeness (QED) is 0.0490. The van der Waals surface area contributed by atoms with Crippen LogP contribution >= 0.6 is 23.4 Å². The molecule has 2 unspecified atom stereocenters. The molecule has 5 aromatic carbocycles. The summed E-state index contributed by atoms with van der Waals surface area (Å²) in [6.45, 7) is 6.13. The number of benzene rings is 5. The topological polar surface area (TPSA) is 157 Å². The average molecular weight is 880 g/mol. The SMILES string of the molecule is O=[N+]([O-])c1cc(S(=O)(=O)Nc2ncnc3cc(N4CCN(Cc5cc(Cl)ccc5-c5ccccc5)CC4)ccc23)ccc1NC(CCN1CCC(O)C1)CSc1ccccc1. The lowest BCUT2D eigenvalue weighted by molar-refractivity contribution is -0.384. The lowest BCUT2D eigenvalue weighted by Gasteiger charge is -2.36. The predicted octanol–water partition coefficient (Wildman–Crippen LogP) is 8.01. The Bertz CT molecular complexity index is 2580. The molecule has 0 bridgehead atoms. The molecule has 2 aliphatic rings. The van der Waals surface area contributed by atoms with E-state index in [0.29, 0.717) is 41.2 Å². The van der Waals surface area contributed by atoms with Gasteiger partial charge in [0, 0.05) is 91.2 Å². The molecule has 16 heteroatoms. The number of rotatable bonds is 16. The second kappa shape index (κ2) is 19.2. The van der Waals surface area contributed by atoms with Crippen LogP contribution in [0.5, 0.6) is 0 Å². The molecule has 0 radical (unpaired) electrons. The van der Waals surface area contributed by atoms with Gasteiger partial charge in [-0.3, -0.25) is 19.7 Å². The van der Waals surface area contributed by atoms with Crippen LogP contribution in [-0.2, 0) is 16.6 Å². The number of anilines is 3. The average Bonchev–Trinajstić information content (AvgIpc) is 3.70. The summed E-state index contributed by atoms with van der Waals surface area (Å²) in [4.78, 5) is 28.3. The van der Waals surface area contributed by atoms with Crippen LogP contribution in [0.2, 0.25) is 5.02 Å². The van der Waals surface area contributed by atoms with Crippen molar-refractivity contribution >= 4 is 67.2 Å². The highest BCUT2D eigenvalue weighted by atomic mass is 35.5. The van der Waals surface area contributed by atoms with E-state index in [-0.39, 0.29) is 34.2 Å². The Morgan fingerprint density at radius 2 is 1.66 bits per heavy atom. The highest BCUT2D eigenvalue weighted by Crippen LogP contribution is 2.33. The normalized spacial score (nSPS) is 16.8. The number of nitro groups is 1. The Kier molecular flexibility index (Phi) is 13.3. The molecule has 0 saturated carbocycles. The van der Waals surface area contributed by atoms with Crippen LogP contribution in [0, 0.1) is 10.1 Å². The molecule has 2 aliphatic heterocycles. The Morgan fingerprint density at radius 3 is 2.39 bits per heavy atom. The number of aliphatic hydroxyl groups excluding tert-OH is 1. The molecule has 0 aliphatic carbocycles. The van der Waals surface area contributed by atoms with Gasteiger partial charge in [0.05, 0.1) is 21.4 Å². The smallest absolute Gasteiger partial charge is 0.293 e. The number of nitro benzene ring substituents is 1. The molecule has 0 spiro atoms. The zero-order valence-corrected chi connectivity index (χ0v) is 35.8. The second-order valence-electron chi connectivity index (χ2n) is 15.4. The molecule has 6 aromatic rings. The Balaban J connectivity index is 0.939. The van der Waals surface area contributed by atoms with E-state index in [2.05, 4.69) is 52.9 Å². The van der Waals surface area contributed by atoms with Crippen molar-refractivity contribution in [3.8, 4) is 11.1 Å². The number of thioether (sulfide) groups is 1. The first-order valence-corrected chi connectivity index (χ1v) is 23.1. The molecular weight excluding hydrogens is 832 g/mol. The molecule has 3 heterocycles. The summed E-state index contributed by atoms with van der Waals surface area (Å²) in [6, 6.07) is 35.7. The molecule has 3 N–H and O–H groups in total. The van der Waals surface area contributed by atoms with Crippen molar-refractivity contribution in [2.24, 2.45) is 0 Å². The minimum atomic E-state index is -4.30. The van der Waals surface area contributed by atoms with Crippen molar-refractivity contribution in [1.82, 2.24) is 19.8 Å². The van der Waals surface area contributed by atoms with Gasteiger partial charge in [-0.05, 0) is 84.1 Å². The van der Waals surface area contributed by atoms with Crippen molar-refractivity contribution in [2.45, 2.75) is 41.3 Å². The van der Waals surface area contributed by atoms with Crippen LogP contribution in [0.4, 0.5) is 22.9 Å². The highest BCUT2D eigenvalue weighted by molar-refractivity contribution is 7.99. The van der Waals surface area contributed by atoms with Crippen LogP contribution in [0.15, 0.2) is 131 Å². The van der Waals surface area contributed by atoms with Crippen LogP contribution in [0.1, 0.15) is 18.4 Å². The summed E-state index contributed by atoms with van der Waals surface area (Å²) in [5.41, 5.74) is 4.91. The number of piperazine rings is 1. The van der Waals surface area contributed by atoms with E-state index in [1.807, 2.05) is 72.8 Å². The van der Waals surface area contributed by atoms with Crippen molar-refractivity contribution in [3.63, 3.8) is 0 Å². The number of nitrogens with one attached hydrogen (secondary N) is 2. The lowest BCUT2D eigenvalue weighted by atomic mass is 9.99. The van der Waals surface area contributed by atoms with Gasteiger partial charge in [-0.2, -0.15) is 0 Å². The van der Waals surface area contributed by atoms with Gasteiger partial charge in [-0.25, -0.2) is 18.4 Å². The molecule has 0 amide bonds. The van der Waals surface area contributed by atoms with Gasteiger partial charge in [0.15, 0.2) is 5.82 Å². The van der Waals surface area contributed by atoms with E-state index in [1.165, 1.54) is 29.6 Å². The van der Waals surface area contributed by atoms with E-state index in [9.17, 15) is 23.6 Å². The largest absolute Gasteiger partial charge is 0.392 e. The van der Waals surface area contributed by atoms with Crippen LogP contribution in [0.3, 0.4) is 0 Å².